The molecule has 1 aromatic heterocycles. The second kappa shape index (κ2) is 5.52. The fourth-order valence-corrected chi connectivity index (χ4v) is 2.09. The van der Waals surface area contributed by atoms with Gasteiger partial charge in [-0.2, -0.15) is 0 Å². The van der Waals surface area contributed by atoms with E-state index in [1.165, 1.54) is 6.07 Å². The highest BCUT2D eigenvalue weighted by atomic mass is 35.5. The molecule has 0 amide bonds. The summed E-state index contributed by atoms with van der Waals surface area (Å²) in [6.45, 7) is 1.84. The monoisotopic (exact) mass is 268 g/mol. The van der Waals surface area contributed by atoms with Crippen LogP contribution in [-0.2, 0) is 6.42 Å². The normalized spacial score (nSPS) is 12.7. The molecule has 1 aromatic carbocycles. The van der Waals surface area contributed by atoms with Gasteiger partial charge in [0.25, 0.3) is 0 Å². The molecule has 0 radical (unpaired) electrons. The number of benzene rings is 1. The van der Waals surface area contributed by atoms with Crippen LogP contribution in [0.15, 0.2) is 34.9 Å². The van der Waals surface area contributed by atoms with Crippen LogP contribution in [0.3, 0.4) is 0 Å². The molecule has 2 aromatic rings. The van der Waals surface area contributed by atoms with Gasteiger partial charge in [-0.15, -0.1) is 0 Å². The van der Waals surface area contributed by atoms with E-state index in [0.717, 1.165) is 11.3 Å². The number of hydrogen-bond acceptors (Lipinski definition) is 3. The van der Waals surface area contributed by atoms with Gasteiger partial charge < -0.3 is 4.42 Å². The number of nitrogens with one attached hydrogen (secondary N) is 1. The van der Waals surface area contributed by atoms with Gasteiger partial charge in [0.05, 0.1) is 12.3 Å². The smallest absolute Gasteiger partial charge is 0.127 e. The number of hydrazine groups is 1. The van der Waals surface area contributed by atoms with Crippen LogP contribution in [0, 0.1) is 12.7 Å². The van der Waals surface area contributed by atoms with E-state index in [9.17, 15) is 4.39 Å². The second-order valence-corrected chi connectivity index (χ2v) is 4.52. The van der Waals surface area contributed by atoms with Crippen LogP contribution < -0.4 is 11.3 Å². The molecule has 0 bridgehead atoms. The summed E-state index contributed by atoms with van der Waals surface area (Å²) in [4.78, 5) is 0. The highest BCUT2D eigenvalue weighted by Gasteiger charge is 2.17. The molecule has 18 heavy (non-hydrogen) atoms. The first-order chi connectivity index (χ1) is 8.61. The Morgan fingerprint density at radius 1 is 1.50 bits per heavy atom. The van der Waals surface area contributed by atoms with Gasteiger partial charge in [-0.25, -0.2) is 4.39 Å². The minimum Gasteiger partial charge on any atom is -0.469 e. The molecule has 0 fully saturated rings. The Balaban J connectivity index is 2.26. The summed E-state index contributed by atoms with van der Waals surface area (Å²) in [6.07, 6.45) is 1.97. The Kier molecular flexibility index (Phi) is 4.01. The van der Waals surface area contributed by atoms with Gasteiger partial charge in [0.1, 0.15) is 11.6 Å². The largest absolute Gasteiger partial charge is 0.469 e. The summed E-state index contributed by atoms with van der Waals surface area (Å²) in [5.74, 6) is 5.96. The van der Waals surface area contributed by atoms with Crippen molar-refractivity contribution in [2.75, 3.05) is 0 Å². The van der Waals surface area contributed by atoms with Gasteiger partial charge in [0, 0.05) is 16.1 Å². The van der Waals surface area contributed by atoms with Crippen LogP contribution in [0.5, 0.6) is 0 Å². The number of aryl methyl sites for hydroxylation is 1. The summed E-state index contributed by atoms with van der Waals surface area (Å²) >= 11 is 5.99. The molecule has 0 saturated heterocycles. The quantitative estimate of drug-likeness (QED) is 0.662. The van der Waals surface area contributed by atoms with E-state index in [0.29, 0.717) is 17.0 Å². The van der Waals surface area contributed by atoms with E-state index in [-0.39, 0.29) is 11.9 Å². The lowest BCUT2D eigenvalue weighted by molar-refractivity contribution is 0.504. The first-order valence-corrected chi connectivity index (χ1v) is 5.93. The van der Waals surface area contributed by atoms with E-state index in [4.69, 9.17) is 21.9 Å². The molecule has 96 valence electrons. The zero-order valence-corrected chi connectivity index (χ0v) is 10.7. The Bertz CT molecular complexity index is 521. The Labute approximate surface area is 110 Å². The maximum atomic E-state index is 13.7. The minimum absolute atomic E-state index is 0.239. The molecular weight excluding hydrogens is 255 g/mol. The van der Waals surface area contributed by atoms with Gasteiger partial charge in [-0.3, -0.25) is 11.3 Å². The SMILES string of the molecule is Cc1cc(C(Cc2c(F)cccc2Cl)NN)co1. The molecule has 3 nitrogen and oxygen atoms in total. The third kappa shape index (κ3) is 2.72. The summed E-state index contributed by atoms with van der Waals surface area (Å²) in [5, 5.41) is 0.399. The van der Waals surface area contributed by atoms with Gasteiger partial charge in [-0.05, 0) is 31.5 Å². The van der Waals surface area contributed by atoms with Crippen molar-refractivity contribution in [2.24, 2.45) is 5.84 Å². The molecule has 1 atom stereocenters. The second-order valence-electron chi connectivity index (χ2n) is 4.11. The summed E-state index contributed by atoms with van der Waals surface area (Å²) in [7, 11) is 0. The number of hydrogen-bond donors (Lipinski definition) is 2. The Hall–Kier alpha value is -1.36. The van der Waals surface area contributed by atoms with Crippen molar-refractivity contribution in [1.29, 1.82) is 0 Å². The fraction of sp³-hybridized carbons (Fsp3) is 0.231. The van der Waals surface area contributed by atoms with Crippen molar-refractivity contribution in [3.63, 3.8) is 0 Å². The molecule has 0 aliphatic rings. The number of halogens is 2. The van der Waals surface area contributed by atoms with E-state index >= 15 is 0 Å². The van der Waals surface area contributed by atoms with E-state index in [1.54, 1.807) is 18.4 Å². The summed E-state index contributed by atoms with van der Waals surface area (Å²) < 4.78 is 18.9. The topological polar surface area (TPSA) is 51.2 Å². The molecule has 0 aliphatic carbocycles. The Morgan fingerprint density at radius 2 is 2.28 bits per heavy atom. The minimum atomic E-state index is -0.331. The predicted molar refractivity (Wildman–Crippen MR) is 68.6 cm³/mol. The van der Waals surface area contributed by atoms with Crippen molar-refractivity contribution in [2.45, 2.75) is 19.4 Å². The lowest BCUT2D eigenvalue weighted by Gasteiger charge is -2.15. The molecule has 0 saturated carbocycles. The third-order valence-electron chi connectivity index (χ3n) is 2.82. The number of nitrogens with two attached hydrogens (primary N) is 1. The van der Waals surface area contributed by atoms with Crippen LogP contribution in [-0.4, -0.2) is 0 Å². The van der Waals surface area contributed by atoms with Gasteiger partial charge in [0.15, 0.2) is 0 Å². The van der Waals surface area contributed by atoms with Crippen molar-refractivity contribution in [1.82, 2.24) is 5.43 Å². The number of furan rings is 1. The standard InChI is InChI=1S/C13H14ClFN2O/c1-8-5-9(7-18-8)13(17-16)6-10-11(14)3-2-4-12(10)15/h2-5,7,13,17H,6,16H2,1H3. The highest BCUT2D eigenvalue weighted by molar-refractivity contribution is 6.31. The third-order valence-corrected chi connectivity index (χ3v) is 3.18. The fourth-order valence-electron chi connectivity index (χ4n) is 1.85. The molecule has 1 heterocycles. The lowest BCUT2D eigenvalue weighted by atomic mass is 10.0. The van der Waals surface area contributed by atoms with E-state index < -0.39 is 0 Å². The summed E-state index contributed by atoms with van der Waals surface area (Å²) in [5.41, 5.74) is 3.96. The molecular formula is C13H14ClFN2O. The van der Waals surface area contributed by atoms with Crippen LogP contribution in [0.1, 0.15) is 22.9 Å². The van der Waals surface area contributed by atoms with Crippen molar-refractivity contribution < 1.29 is 8.81 Å². The van der Waals surface area contributed by atoms with Crippen LogP contribution in [0.25, 0.3) is 0 Å². The van der Waals surface area contributed by atoms with E-state index in [1.807, 2.05) is 13.0 Å². The van der Waals surface area contributed by atoms with Crippen molar-refractivity contribution in [3.8, 4) is 0 Å². The van der Waals surface area contributed by atoms with Crippen LogP contribution in [0.2, 0.25) is 5.02 Å². The molecule has 5 heteroatoms. The van der Waals surface area contributed by atoms with Crippen LogP contribution >= 0.6 is 11.6 Å². The van der Waals surface area contributed by atoms with Gasteiger partial charge in [-0.1, -0.05) is 17.7 Å². The first kappa shape index (κ1) is 13.1. The average Bonchev–Trinajstić information content (AvgIpc) is 2.76. The molecule has 0 spiro atoms. The summed E-state index contributed by atoms with van der Waals surface area (Å²) in [6, 6.07) is 6.24. The maximum Gasteiger partial charge on any atom is 0.127 e. The number of rotatable bonds is 4. The van der Waals surface area contributed by atoms with Crippen molar-refractivity contribution in [3.05, 3.63) is 58.3 Å². The molecule has 0 aliphatic heterocycles. The van der Waals surface area contributed by atoms with Crippen LogP contribution in [0.4, 0.5) is 4.39 Å². The molecule has 2 rings (SSSR count). The predicted octanol–water partition coefficient (Wildman–Crippen LogP) is 3.13. The average molecular weight is 269 g/mol. The zero-order valence-electron chi connectivity index (χ0n) is 9.91. The lowest BCUT2D eigenvalue weighted by Crippen LogP contribution is -2.29. The van der Waals surface area contributed by atoms with Crippen molar-refractivity contribution >= 4 is 11.6 Å². The first-order valence-electron chi connectivity index (χ1n) is 5.56. The van der Waals surface area contributed by atoms with Gasteiger partial charge >= 0.3 is 0 Å². The molecule has 3 N–H and O–H groups in total. The highest BCUT2D eigenvalue weighted by Crippen LogP contribution is 2.26. The Morgan fingerprint density at radius 3 is 2.83 bits per heavy atom. The van der Waals surface area contributed by atoms with Gasteiger partial charge in [0.2, 0.25) is 0 Å². The molecule has 1 unspecified atom stereocenters. The van der Waals surface area contributed by atoms with E-state index in [2.05, 4.69) is 5.43 Å². The maximum absolute atomic E-state index is 13.7. The zero-order chi connectivity index (χ0) is 13.1.